The van der Waals surface area contributed by atoms with E-state index in [1.807, 2.05) is 0 Å². The van der Waals surface area contributed by atoms with Crippen LogP contribution in [0.5, 0.6) is 0 Å². The van der Waals surface area contributed by atoms with Gasteiger partial charge in [-0.25, -0.2) is 0 Å². The number of imide groups is 1. The summed E-state index contributed by atoms with van der Waals surface area (Å²) in [5.41, 5.74) is 7.44. The number of ketones is 1. The fraction of sp³-hybridized carbons (Fsp3) is 0.167. The Balaban J connectivity index is 2.11. The molecule has 1 aromatic carbocycles. The van der Waals surface area contributed by atoms with E-state index < -0.39 is 23.2 Å². The van der Waals surface area contributed by atoms with Crippen molar-refractivity contribution in [2.75, 3.05) is 0 Å². The van der Waals surface area contributed by atoms with Crippen LogP contribution >= 0.6 is 0 Å². The number of hydrogen-bond donors (Lipinski definition) is 1. The smallest absolute Gasteiger partial charge is 0.316 e. The van der Waals surface area contributed by atoms with Gasteiger partial charge in [0.15, 0.2) is 0 Å². The third kappa shape index (κ3) is 2.58. The molecule has 0 saturated heterocycles. The number of hydrogen-bond acceptors (Lipinski definition) is 5. The first-order valence-electron chi connectivity index (χ1n) is 7.75. The Bertz CT molecular complexity index is 1040. The molecule has 1 N–H and O–H groups in total. The van der Waals surface area contributed by atoms with Gasteiger partial charge in [0.1, 0.15) is 0 Å². The van der Waals surface area contributed by atoms with Gasteiger partial charge in [0.2, 0.25) is 0 Å². The van der Waals surface area contributed by atoms with Gasteiger partial charge in [-0.1, -0.05) is 12.1 Å². The molecule has 0 atom stereocenters. The molecule has 1 aliphatic rings. The first-order chi connectivity index (χ1) is 12.4. The molecule has 2 heterocycles. The summed E-state index contributed by atoms with van der Waals surface area (Å²) in [7, 11) is 1.54. The normalized spacial score (nSPS) is 12.8. The Kier molecular flexibility index (Phi) is 4.19. The Hall–Kier alpha value is -3.64. The summed E-state index contributed by atoms with van der Waals surface area (Å²) in [6.07, 6.45) is 0.778. The van der Waals surface area contributed by atoms with E-state index in [-0.39, 0.29) is 28.8 Å². The summed E-state index contributed by atoms with van der Waals surface area (Å²) in [6.45, 7) is 1.33. The van der Waals surface area contributed by atoms with E-state index in [9.17, 15) is 19.2 Å². The molecule has 8 heteroatoms. The lowest BCUT2D eigenvalue weighted by Crippen LogP contribution is -2.35. The number of nitrogens with one attached hydrogen (secondary N) is 1. The maximum atomic E-state index is 12.7. The van der Waals surface area contributed by atoms with Crippen LogP contribution in [0.3, 0.4) is 0 Å². The first-order valence-corrected chi connectivity index (χ1v) is 7.75. The van der Waals surface area contributed by atoms with Gasteiger partial charge in [-0.2, -0.15) is 0 Å². The molecule has 0 bridgehead atoms. The molecule has 1 aromatic heterocycles. The largest absolute Gasteiger partial charge is 0.377 e. The number of amides is 2. The van der Waals surface area contributed by atoms with E-state index in [4.69, 9.17) is 5.53 Å². The minimum atomic E-state index is -0.632. The molecule has 3 rings (SSSR count). The summed E-state index contributed by atoms with van der Waals surface area (Å²) in [5.74, 6) is -1.66. The quantitative estimate of drug-likeness (QED) is 0.291. The molecule has 0 aliphatic carbocycles. The number of aromatic nitrogens is 1. The van der Waals surface area contributed by atoms with E-state index in [0.29, 0.717) is 5.69 Å². The Labute approximate surface area is 147 Å². The third-order valence-corrected chi connectivity index (χ3v) is 4.41. The topological polar surface area (TPSA) is 114 Å². The van der Waals surface area contributed by atoms with Crippen molar-refractivity contribution in [2.24, 2.45) is 7.05 Å². The average Bonchev–Trinajstić information content (AvgIpc) is 2.87. The minimum absolute atomic E-state index is 0.0116. The first kappa shape index (κ1) is 17.2. The number of pyridine rings is 1. The van der Waals surface area contributed by atoms with Crippen molar-refractivity contribution < 1.29 is 19.2 Å². The maximum absolute atomic E-state index is 12.7. The van der Waals surface area contributed by atoms with Crippen LogP contribution in [0.2, 0.25) is 0 Å². The second-order valence-electron chi connectivity index (χ2n) is 5.91. The standard InChI is InChI=1S/C18H15N4O4/c1-10-7-13(15(23)8-20-19)14(16(24)21(10)2)9-22-17(25)11-5-3-4-6-12(11)18(22)26/h3-8,19H,9H2,1-2H3/q+1. The molecule has 0 unspecified atom stereocenters. The highest BCUT2D eigenvalue weighted by atomic mass is 16.2. The zero-order valence-electron chi connectivity index (χ0n) is 14.1. The highest BCUT2D eigenvalue weighted by Gasteiger charge is 2.36. The van der Waals surface area contributed by atoms with Gasteiger partial charge in [0.25, 0.3) is 23.2 Å². The number of Topliss-reactive ketones (excluding diaryl/α,β-unsaturated/α-hetero) is 1. The SMILES string of the molecule is Cc1cc(C(=O)C=[N+]=N)c(CN2C(=O)c3ccccc3C2=O)c(=O)n1C. The second-order valence-corrected chi connectivity index (χ2v) is 5.91. The number of aryl methyl sites for hydroxylation is 1. The zero-order chi connectivity index (χ0) is 19.0. The van der Waals surface area contributed by atoms with Crippen LogP contribution in [0.25, 0.3) is 0 Å². The van der Waals surface area contributed by atoms with E-state index >= 15 is 0 Å². The van der Waals surface area contributed by atoms with E-state index in [1.165, 1.54) is 17.7 Å². The van der Waals surface area contributed by atoms with Crippen molar-refractivity contribution >= 4 is 23.8 Å². The molecule has 2 amide bonds. The number of nitrogens with zero attached hydrogens (tertiary/aromatic N) is 3. The van der Waals surface area contributed by atoms with Crippen molar-refractivity contribution in [1.29, 1.82) is 5.53 Å². The molecule has 2 aromatic rings. The number of fused-ring (bicyclic) bond motifs is 1. The highest BCUT2D eigenvalue weighted by Crippen LogP contribution is 2.24. The van der Waals surface area contributed by atoms with Crippen LogP contribution in [-0.2, 0) is 13.6 Å². The fourth-order valence-corrected chi connectivity index (χ4v) is 2.91. The molecule has 0 fully saturated rings. The molecule has 130 valence electrons. The lowest BCUT2D eigenvalue weighted by atomic mass is 10.0. The predicted molar refractivity (Wildman–Crippen MR) is 90.4 cm³/mol. The van der Waals surface area contributed by atoms with Crippen LogP contribution in [0.1, 0.15) is 42.3 Å². The van der Waals surface area contributed by atoms with Gasteiger partial charge in [-0.3, -0.25) is 24.1 Å². The van der Waals surface area contributed by atoms with Crippen molar-refractivity contribution in [1.82, 2.24) is 9.47 Å². The molecule has 0 radical (unpaired) electrons. The fourth-order valence-electron chi connectivity index (χ4n) is 2.91. The summed E-state index contributed by atoms with van der Waals surface area (Å²) >= 11 is 0. The third-order valence-electron chi connectivity index (χ3n) is 4.41. The zero-order valence-corrected chi connectivity index (χ0v) is 14.1. The molecular formula is C18H15N4O4+. The van der Waals surface area contributed by atoms with Crippen LogP contribution in [0.4, 0.5) is 0 Å². The lowest BCUT2D eigenvalue weighted by Gasteiger charge is -2.16. The van der Waals surface area contributed by atoms with Gasteiger partial charge < -0.3 is 4.57 Å². The maximum Gasteiger partial charge on any atom is 0.377 e. The van der Waals surface area contributed by atoms with E-state index in [2.05, 4.69) is 4.79 Å². The van der Waals surface area contributed by atoms with Gasteiger partial charge in [0, 0.05) is 23.9 Å². The van der Waals surface area contributed by atoms with Crippen LogP contribution < -0.4 is 5.56 Å². The predicted octanol–water partition coefficient (Wildman–Crippen LogP) is 0.983. The number of carbonyl (C=O) groups excluding carboxylic acids is 3. The van der Waals surface area contributed by atoms with Crippen molar-refractivity contribution in [3.63, 3.8) is 0 Å². The minimum Gasteiger partial charge on any atom is -0.316 e. The summed E-state index contributed by atoms with van der Waals surface area (Å²) in [5, 5.41) is 0. The van der Waals surface area contributed by atoms with Gasteiger partial charge in [-0.05, 0) is 25.1 Å². The monoisotopic (exact) mass is 351 g/mol. The molecular weight excluding hydrogens is 336 g/mol. The van der Waals surface area contributed by atoms with Crippen LogP contribution in [-0.4, -0.2) is 38.1 Å². The highest BCUT2D eigenvalue weighted by molar-refractivity contribution is 6.34. The Morgan fingerprint density at radius 2 is 1.73 bits per heavy atom. The van der Waals surface area contributed by atoms with Crippen molar-refractivity contribution in [3.8, 4) is 0 Å². The van der Waals surface area contributed by atoms with Gasteiger partial charge in [0.05, 0.1) is 28.0 Å². The van der Waals surface area contributed by atoms with Crippen molar-refractivity contribution in [2.45, 2.75) is 13.5 Å². The summed E-state index contributed by atoms with van der Waals surface area (Å²) in [4.78, 5) is 53.9. The van der Waals surface area contributed by atoms with Crippen LogP contribution in [0.15, 0.2) is 35.1 Å². The van der Waals surface area contributed by atoms with E-state index in [0.717, 1.165) is 11.1 Å². The Morgan fingerprint density at radius 1 is 1.15 bits per heavy atom. The summed E-state index contributed by atoms with van der Waals surface area (Å²) < 4.78 is 1.34. The van der Waals surface area contributed by atoms with E-state index in [1.54, 1.807) is 31.2 Å². The number of benzene rings is 1. The van der Waals surface area contributed by atoms with Crippen molar-refractivity contribution in [3.05, 3.63) is 68.6 Å². The van der Waals surface area contributed by atoms with Crippen LogP contribution in [0, 0.1) is 12.5 Å². The number of rotatable bonds is 4. The molecule has 1 aliphatic heterocycles. The molecule has 26 heavy (non-hydrogen) atoms. The van der Waals surface area contributed by atoms with Gasteiger partial charge in [-0.15, -0.1) is 0 Å². The van der Waals surface area contributed by atoms with Gasteiger partial charge >= 0.3 is 6.21 Å². The molecule has 0 saturated carbocycles. The Morgan fingerprint density at radius 3 is 2.27 bits per heavy atom. The lowest BCUT2D eigenvalue weighted by molar-refractivity contribution is -0.111. The number of carbonyl (C=O) groups is 3. The molecule has 0 spiro atoms. The summed E-state index contributed by atoms with van der Waals surface area (Å²) in [6, 6.07) is 7.87. The second kappa shape index (κ2) is 6.34. The molecule has 8 nitrogen and oxygen atoms in total. The average molecular weight is 351 g/mol.